The Morgan fingerprint density at radius 3 is 2.53 bits per heavy atom. The van der Waals surface area contributed by atoms with Crippen molar-refractivity contribution in [3.63, 3.8) is 0 Å². The van der Waals surface area contributed by atoms with Gasteiger partial charge < -0.3 is 16.2 Å². The molecule has 0 bridgehead atoms. The number of hydrogen-bond acceptors (Lipinski definition) is 2. The smallest absolute Gasteiger partial charge is 0.337 e. The molecule has 15 heavy (non-hydrogen) atoms. The normalized spacial score (nSPS) is 9.73. The molecule has 4 N–H and O–H groups in total. The van der Waals surface area contributed by atoms with Crippen LogP contribution in [0.3, 0.4) is 0 Å². The van der Waals surface area contributed by atoms with Crippen molar-refractivity contribution < 1.29 is 9.90 Å². The van der Waals surface area contributed by atoms with E-state index >= 15 is 0 Å². The van der Waals surface area contributed by atoms with Gasteiger partial charge in [0.25, 0.3) is 0 Å². The van der Waals surface area contributed by atoms with E-state index in [-0.39, 0.29) is 10.7 Å². The second-order valence-electron chi connectivity index (χ2n) is 2.60. The van der Waals surface area contributed by atoms with Crippen LogP contribution in [-0.2, 0) is 0 Å². The predicted octanol–water partition coefficient (Wildman–Crippen LogP) is 2.57. The van der Waals surface area contributed by atoms with Crippen molar-refractivity contribution >= 4 is 60.8 Å². The van der Waals surface area contributed by atoms with Crippen LogP contribution in [0.25, 0.3) is 0 Å². The Labute approximate surface area is 108 Å². The Hall–Kier alpha value is -0.660. The van der Waals surface area contributed by atoms with Gasteiger partial charge in [-0.15, -0.1) is 0 Å². The number of nitrogens with one attached hydrogen (secondary N) is 1. The first kappa shape index (κ1) is 12.4. The molecular formula is C8H6Br2N2O2S. The number of carbonyl (C=O) groups is 1. The highest BCUT2D eigenvalue weighted by Crippen LogP contribution is 2.30. The summed E-state index contributed by atoms with van der Waals surface area (Å²) in [6.45, 7) is 0. The van der Waals surface area contributed by atoms with Crippen LogP contribution < -0.4 is 11.1 Å². The first-order valence-electron chi connectivity index (χ1n) is 3.70. The number of carboxylic acid groups (broad SMARTS) is 1. The monoisotopic (exact) mass is 352 g/mol. The number of aromatic carboxylic acids is 1. The number of rotatable bonds is 2. The zero-order chi connectivity index (χ0) is 11.6. The minimum absolute atomic E-state index is 0.0144. The first-order valence-corrected chi connectivity index (χ1v) is 5.70. The fraction of sp³-hybridized carbons (Fsp3) is 0. The van der Waals surface area contributed by atoms with Gasteiger partial charge in [0.2, 0.25) is 0 Å². The van der Waals surface area contributed by atoms with Crippen LogP contribution in [0.4, 0.5) is 5.69 Å². The van der Waals surface area contributed by atoms with E-state index in [0.717, 1.165) is 0 Å². The highest BCUT2D eigenvalue weighted by Gasteiger charge is 2.14. The molecule has 0 saturated heterocycles. The molecular weight excluding hydrogens is 348 g/mol. The molecule has 1 rings (SSSR count). The molecule has 80 valence electrons. The molecule has 0 radical (unpaired) electrons. The summed E-state index contributed by atoms with van der Waals surface area (Å²) in [6.07, 6.45) is 0. The van der Waals surface area contributed by atoms with Crippen molar-refractivity contribution in [1.29, 1.82) is 0 Å². The van der Waals surface area contributed by atoms with Crippen molar-refractivity contribution in [2.24, 2.45) is 5.73 Å². The Morgan fingerprint density at radius 1 is 1.47 bits per heavy atom. The summed E-state index contributed by atoms with van der Waals surface area (Å²) in [5, 5.41) is 11.6. The third kappa shape index (κ3) is 3.15. The predicted molar refractivity (Wildman–Crippen MR) is 69.2 cm³/mol. The van der Waals surface area contributed by atoms with Gasteiger partial charge in [-0.05, 0) is 40.3 Å². The van der Waals surface area contributed by atoms with Crippen LogP contribution in [0.15, 0.2) is 21.1 Å². The van der Waals surface area contributed by atoms with Crippen LogP contribution in [0.5, 0.6) is 0 Å². The van der Waals surface area contributed by atoms with Gasteiger partial charge in [0.05, 0.1) is 11.3 Å². The highest BCUT2D eigenvalue weighted by molar-refractivity contribution is 9.11. The number of halogens is 2. The highest BCUT2D eigenvalue weighted by atomic mass is 79.9. The topological polar surface area (TPSA) is 75.3 Å². The van der Waals surface area contributed by atoms with Gasteiger partial charge in [0.1, 0.15) is 0 Å². The van der Waals surface area contributed by atoms with E-state index in [1.54, 1.807) is 6.07 Å². The van der Waals surface area contributed by atoms with Crippen molar-refractivity contribution in [3.8, 4) is 0 Å². The van der Waals surface area contributed by atoms with E-state index in [1.807, 2.05) is 0 Å². The average Bonchev–Trinajstić information content (AvgIpc) is 2.08. The number of benzene rings is 1. The van der Waals surface area contributed by atoms with Crippen molar-refractivity contribution in [2.45, 2.75) is 0 Å². The Morgan fingerprint density at radius 2 is 2.07 bits per heavy atom. The van der Waals surface area contributed by atoms with Crippen molar-refractivity contribution in [2.75, 3.05) is 5.32 Å². The molecule has 1 aromatic rings. The fourth-order valence-electron chi connectivity index (χ4n) is 0.993. The van der Waals surface area contributed by atoms with Gasteiger partial charge >= 0.3 is 5.97 Å². The number of hydrogen-bond donors (Lipinski definition) is 3. The quantitative estimate of drug-likeness (QED) is 0.712. The molecule has 1 aromatic carbocycles. The van der Waals surface area contributed by atoms with Crippen LogP contribution in [0.1, 0.15) is 10.4 Å². The van der Waals surface area contributed by atoms with Gasteiger partial charge in [0, 0.05) is 8.95 Å². The lowest BCUT2D eigenvalue weighted by molar-refractivity contribution is 0.0698. The molecule has 0 amide bonds. The number of nitrogens with two attached hydrogens (primary N) is 1. The molecule has 0 saturated carbocycles. The van der Waals surface area contributed by atoms with E-state index in [0.29, 0.717) is 14.6 Å². The summed E-state index contributed by atoms with van der Waals surface area (Å²) in [7, 11) is 0. The number of thiocarbonyl (C=S) groups is 1. The van der Waals surface area contributed by atoms with E-state index < -0.39 is 5.97 Å². The van der Waals surface area contributed by atoms with Crippen molar-refractivity contribution in [1.82, 2.24) is 0 Å². The third-order valence-corrected chi connectivity index (χ3v) is 2.72. The number of carboxylic acids is 1. The molecule has 7 heteroatoms. The minimum Gasteiger partial charge on any atom is -0.478 e. The molecule has 0 aliphatic heterocycles. The lowest BCUT2D eigenvalue weighted by Crippen LogP contribution is -2.21. The molecule has 0 aliphatic rings. The van der Waals surface area contributed by atoms with Gasteiger partial charge in [-0.3, -0.25) is 0 Å². The zero-order valence-electron chi connectivity index (χ0n) is 7.25. The van der Waals surface area contributed by atoms with E-state index in [4.69, 9.17) is 10.8 Å². The van der Waals surface area contributed by atoms with Gasteiger partial charge in [-0.2, -0.15) is 0 Å². The maximum absolute atomic E-state index is 10.9. The first-order chi connectivity index (χ1) is 6.91. The summed E-state index contributed by atoms with van der Waals surface area (Å²) in [4.78, 5) is 10.9. The summed E-state index contributed by atoms with van der Waals surface area (Å²) in [5.74, 6) is -1.06. The maximum atomic E-state index is 10.9. The van der Waals surface area contributed by atoms with Crippen LogP contribution in [0.2, 0.25) is 0 Å². The third-order valence-electron chi connectivity index (χ3n) is 1.53. The average molecular weight is 354 g/mol. The lowest BCUT2D eigenvalue weighted by atomic mass is 10.2. The summed E-state index contributed by atoms with van der Waals surface area (Å²) >= 11 is 11.1. The van der Waals surface area contributed by atoms with E-state index in [2.05, 4.69) is 49.4 Å². The van der Waals surface area contributed by atoms with Gasteiger partial charge in [0.15, 0.2) is 5.11 Å². The van der Waals surface area contributed by atoms with Crippen LogP contribution >= 0.6 is 44.1 Å². The molecule has 0 aliphatic carbocycles. The zero-order valence-corrected chi connectivity index (χ0v) is 11.2. The molecule has 0 spiro atoms. The second kappa shape index (κ2) is 4.91. The summed E-state index contributed by atoms with van der Waals surface area (Å²) in [6, 6.07) is 3.17. The molecule has 4 nitrogen and oxygen atoms in total. The van der Waals surface area contributed by atoms with Crippen LogP contribution in [0, 0.1) is 0 Å². The maximum Gasteiger partial charge on any atom is 0.337 e. The standard InChI is InChI=1S/C8H6Br2N2O2S/c9-3-1-4(7(13)14)6(5(10)2-3)12-8(11)15/h1-2H,(H,13,14)(H3,11,12,15). The Bertz CT molecular complexity index is 437. The Kier molecular flexibility index (Phi) is 4.06. The molecule has 0 fully saturated rings. The number of anilines is 1. The van der Waals surface area contributed by atoms with Crippen molar-refractivity contribution in [3.05, 3.63) is 26.6 Å². The second-order valence-corrected chi connectivity index (χ2v) is 4.81. The SMILES string of the molecule is NC(=S)Nc1c(Br)cc(Br)cc1C(=O)O. The summed E-state index contributed by atoms with van der Waals surface area (Å²) in [5.41, 5.74) is 5.73. The molecule has 0 heterocycles. The molecule has 0 atom stereocenters. The Balaban J connectivity index is 3.33. The fourth-order valence-corrected chi connectivity index (χ4v) is 2.42. The molecule has 0 unspecified atom stereocenters. The largest absolute Gasteiger partial charge is 0.478 e. The summed E-state index contributed by atoms with van der Waals surface area (Å²) < 4.78 is 1.22. The van der Waals surface area contributed by atoms with Gasteiger partial charge in [-0.25, -0.2) is 4.79 Å². The van der Waals surface area contributed by atoms with Crippen LogP contribution in [-0.4, -0.2) is 16.2 Å². The lowest BCUT2D eigenvalue weighted by Gasteiger charge is -2.10. The van der Waals surface area contributed by atoms with E-state index in [1.165, 1.54) is 6.07 Å². The van der Waals surface area contributed by atoms with E-state index in [9.17, 15) is 4.79 Å². The molecule has 0 aromatic heterocycles. The van der Waals surface area contributed by atoms with Gasteiger partial charge in [-0.1, -0.05) is 15.9 Å². The minimum atomic E-state index is -1.06.